The molecule has 0 spiro atoms. The van der Waals surface area contributed by atoms with Crippen molar-refractivity contribution in [2.24, 2.45) is 0 Å². The highest BCUT2D eigenvalue weighted by molar-refractivity contribution is 6.00. The molecular weight excluding hydrogens is 258 g/mol. The van der Waals surface area contributed by atoms with Crippen LogP contribution >= 0.6 is 0 Å². The minimum atomic E-state index is -0.240. The topological polar surface area (TPSA) is 55.8 Å². The molecule has 0 saturated carbocycles. The monoisotopic (exact) mass is 277 g/mol. The van der Waals surface area contributed by atoms with Gasteiger partial charge in [0.25, 0.3) is 11.8 Å². The maximum absolute atomic E-state index is 11.3. The fourth-order valence-corrected chi connectivity index (χ4v) is 1.93. The average Bonchev–Trinajstić information content (AvgIpc) is 2.79. The van der Waals surface area contributed by atoms with Gasteiger partial charge in [0.05, 0.1) is 13.2 Å². The second-order valence-electron chi connectivity index (χ2n) is 4.66. The Labute approximate surface area is 118 Å². The van der Waals surface area contributed by atoms with Crippen molar-refractivity contribution in [3.05, 3.63) is 35.9 Å². The summed E-state index contributed by atoms with van der Waals surface area (Å²) in [7, 11) is 0. The molecule has 2 amide bonds. The molecule has 0 atom stereocenters. The van der Waals surface area contributed by atoms with Gasteiger partial charge in [-0.1, -0.05) is 30.3 Å². The molecule has 5 heteroatoms. The Hall–Kier alpha value is -1.72. The number of hydroxylamine groups is 2. The second-order valence-corrected chi connectivity index (χ2v) is 4.66. The molecule has 1 aliphatic rings. The average molecular weight is 277 g/mol. The lowest BCUT2D eigenvalue weighted by Crippen LogP contribution is -2.29. The van der Waals surface area contributed by atoms with Crippen molar-refractivity contribution in [1.29, 1.82) is 0 Å². The van der Waals surface area contributed by atoms with E-state index < -0.39 is 0 Å². The highest BCUT2D eigenvalue weighted by Crippen LogP contribution is 2.12. The standard InChI is InChI=1S/C15H19NO4/c17-14-8-9-15(18)16(14)20-11-5-4-10-19-12-13-6-2-1-3-7-13/h1-3,6-7H,4-5,8-12H2. The van der Waals surface area contributed by atoms with Crippen LogP contribution in [-0.2, 0) is 25.8 Å². The van der Waals surface area contributed by atoms with Gasteiger partial charge in [-0.15, -0.1) is 0 Å². The number of benzene rings is 1. The number of nitrogens with zero attached hydrogens (tertiary/aromatic N) is 1. The van der Waals surface area contributed by atoms with Crippen molar-refractivity contribution in [2.45, 2.75) is 32.3 Å². The largest absolute Gasteiger partial charge is 0.377 e. The van der Waals surface area contributed by atoms with Crippen LogP contribution in [0.1, 0.15) is 31.2 Å². The van der Waals surface area contributed by atoms with Crippen molar-refractivity contribution in [3.8, 4) is 0 Å². The Kier molecular flexibility index (Phi) is 5.70. The molecule has 1 aromatic rings. The minimum Gasteiger partial charge on any atom is -0.377 e. The smallest absolute Gasteiger partial charge is 0.253 e. The van der Waals surface area contributed by atoms with Crippen molar-refractivity contribution in [2.75, 3.05) is 13.2 Å². The molecule has 1 heterocycles. The van der Waals surface area contributed by atoms with Crippen LogP contribution in [0.5, 0.6) is 0 Å². The van der Waals surface area contributed by atoms with Gasteiger partial charge in [-0.3, -0.25) is 14.4 Å². The molecule has 2 rings (SSSR count). The van der Waals surface area contributed by atoms with E-state index in [1.165, 1.54) is 0 Å². The fourth-order valence-electron chi connectivity index (χ4n) is 1.93. The van der Waals surface area contributed by atoms with E-state index in [0.717, 1.165) is 23.5 Å². The summed E-state index contributed by atoms with van der Waals surface area (Å²) >= 11 is 0. The summed E-state index contributed by atoms with van der Waals surface area (Å²) in [5.74, 6) is -0.481. The second kappa shape index (κ2) is 7.77. The van der Waals surface area contributed by atoms with Crippen LogP contribution in [0.25, 0.3) is 0 Å². The molecule has 0 N–H and O–H groups in total. The van der Waals surface area contributed by atoms with E-state index in [-0.39, 0.29) is 24.7 Å². The molecule has 1 saturated heterocycles. The summed E-state index contributed by atoms with van der Waals surface area (Å²) in [4.78, 5) is 27.7. The SMILES string of the molecule is O=C1CCC(=O)N1OCCCCOCc1ccccc1. The van der Waals surface area contributed by atoms with Gasteiger partial charge in [0.15, 0.2) is 0 Å². The van der Waals surface area contributed by atoms with Gasteiger partial charge in [-0.05, 0) is 18.4 Å². The van der Waals surface area contributed by atoms with Crippen molar-refractivity contribution in [3.63, 3.8) is 0 Å². The predicted molar refractivity (Wildman–Crippen MR) is 72.4 cm³/mol. The molecule has 20 heavy (non-hydrogen) atoms. The highest BCUT2D eigenvalue weighted by atomic mass is 16.7. The quantitative estimate of drug-likeness (QED) is 0.539. The summed E-state index contributed by atoms with van der Waals surface area (Å²) in [5.41, 5.74) is 1.15. The lowest BCUT2D eigenvalue weighted by Gasteiger charge is -2.12. The Balaban J connectivity index is 1.50. The maximum Gasteiger partial charge on any atom is 0.253 e. The summed E-state index contributed by atoms with van der Waals surface area (Å²) < 4.78 is 5.53. The van der Waals surface area contributed by atoms with Crippen molar-refractivity contribution >= 4 is 11.8 Å². The molecule has 0 aliphatic carbocycles. The molecule has 1 aliphatic heterocycles. The Morgan fingerprint density at radius 1 is 0.950 bits per heavy atom. The molecule has 5 nitrogen and oxygen atoms in total. The molecule has 1 aromatic carbocycles. The summed E-state index contributed by atoms with van der Waals surface area (Å²) in [6.45, 7) is 1.61. The zero-order valence-corrected chi connectivity index (χ0v) is 11.4. The summed E-state index contributed by atoms with van der Waals surface area (Å²) in [6, 6.07) is 9.98. The van der Waals surface area contributed by atoms with Gasteiger partial charge in [0.2, 0.25) is 0 Å². The molecule has 108 valence electrons. The van der Waals surface area contributed by atoms with E-state index in [2.05, 4.69) is 0 Å². The summed E-state index contributed by atoms with van der Waals surface area (Å²) in [5, 5.41) is 0.894. The van der Waals surface area contributed by atoms with E-state index in [9.17, 15) is 9.59 Å². The maximum atomic E-state index is 11.3. The third-order valence-corrected chi connectivity index (χ3v) is 3.02. The number of rotatable bonds is 8. The van der Waals surface area contributed by atoms with Crippen LogP contribution in [0, 0.1) is 0 Å². The number of carbonyl (C=O) groups is 2. The van der Waals surface area contributed by atoms with E-state index in [1.807, 2.05) is 30.3 Å². The van der Waals surface area contributed by atoms with Crippen molar-refractivity contribution in [1.82, 2.24) is 5.06 Å². The van der Waals surface area contributed by atoms with Crippen LogP contribution in [0.15, 0.2) is 30.3 Å². The number of carbonyl (C=O) groups excluding carboxylic acids is 2. The molecule has 0 radical (unpaired) electrons. The Morgan fingerprint density at radius 3 is 2.30 bits per heavy atom. The van der Waals surface area contributed by atoms with Gasteiger partial charge >= 0.3 is 0 Å². The van der Waals surface area contributed by atoms with Crippen LogP contribution in [0.3, 0.4) is 0 Å². The normalized spacial score (nSPS) is 15.1. The number of imide groups is 1. The first-order valence-corrected chi connectivity index (χ1v) is 6.88. The zero-order valence-electron chi connectivity index (χ0n) is 11.4. The fraction of sp³-hybridized carbons (Fsp3) is 0.467. The predicted octanol–water partition coefficient (Wildman–Crippen LogP) is 2.06. The van der Waals surface area contributed by atoms with Gasteiger partial charge < -0.3 is 4.74 Å². The minimum absolute atomic E-state index is 0.240. The van der Waals surface area contributed by atoms with E-state index in [0.29, 0.717) is 19.8 Å². The molecule has 1 fully saturated rings. The number of ether oxygens (including phenoxy) is 1. The molecule has 0 bridgehead atoms. The van der Waals surface area contributed by atoms with Crippen LogP contribution in [0.2, 0.25) is 0 Å². The first-order valence-electron chi connectivity index (χ1n) is 6.88. The van der Waals surface area contributed by atoms with Gasteiger partial charge in [-0.2, -0.15) is 5.06 Å². The first kappa shape index (κ1) is 14.7. The highest BCUT2D eigenvalue weighted by Gasteiger charge is 2.29. The third kappa shape index (κ3) is 4.43. The Morgan fingerprint density at radius 2 is 1.60 bits per heavy atom. The van der Waals surface area contributed by atoms with Gasteiger partial charge in [0.1, 0.15) is 0 Å². The van der Waals surface area contributed by atoms with Crippen LogP contribution in [0.4, 0.5) is 0 Å². The van der Waals surface area contributed by atoms with E-state index in [1.54, 1.807) is 0 Å². The molecular formula is C15H19NO4. The molecule has 0 aromatic heterocycles. The van der Waals surface area contributed by atoms with Gasteiger partial charge in [0, 0.05) is 19.4 Å². The number of amides is 2. The lowest BCUT2D eigenvalue weighted by atomic mass is 10.2. The van der Waals surface area contributed by atoms with Crippen LogP contribution in [-0.4, -0.2) is 30.1 Å². The van der Waals surface area contributed by atoms with E-state index in [4.69, 9.17) is 9.57 Å². The lowest BCUT2D eigenvalue weighted by molar-refractivity contribution is -0.187. The number of hydrogen-bond donors (Lipinski definition) is 0. The summed E-state index contributed by atoms with van der Waals surface area (Å²) in [6.07, 6.45) is 2.12. The molecule has 0 unspecified atom stereocenters. The van der Waals surface area contributed by atoms with Crippen LogP contribution < -0.4 is 0 Å². The van der Waals surface area contributed by atoms with E-state index >= 15 is 0 Å². The van der Waals surface area contributed by atoms with Crippen molar-refractivity contribution < 1.29 is 19.2 Å². The first-order chi connectivity index (χ1) is 9.77. The third-order valence-electron chi connectivity index (χ3n) is 3.02. The van der Waals surface area contributed by atoms with Gasteiger partial charge in [-0.25, -0.2) is 0 Å². The Bertz CT molecular complexity index is 430. The number of unbranched alkanes of at least 4 members (excludes halogenated alkanes) is 1. The number of hydrogen-bond acceptors (Lipinski definition) is 4. The zero-order chi connectivity index (χ0) is 14.2.